The predicted molar refractivity (Wildman–Crippen MR) is 95.2 cm³/mol. The molecule has 3 rings (SSSR count). The molecule has 2 aromatic carbocycles. The third-order valence-electron chi connectivity index (χ3n) is 4.61. The minimum absolute atomic E-state index is 0.190. The summed E-state index contributed by atoms with van der Waals surface area (Å²) < 4.78 is 58.1. The van der Waals surface area contributed by atoms with Crippen LogP contribution in [0.5, 0.6) is 0 Å². The van der Waals surface area contributed by atoms with E-state index in [4.69, 9.17) is 4.74 Å². The number of carbonyl (C=O) groups is 1. The fraction of sp³-hybridized carbons (Fsp3) is 0.350. The average molecular weight is 396 g/mol. The standard InChI is InChI=1S/C20H20F4N2O2/c1-25-19(27)15-4-2-14(3-5-15)18-12-26(6-7-28-18)11-13-8-16(20(22,23)24)10-17(21)9-13/h2-5,8-10,18H,6-7,11-12H2,1H3,(H,25,27). The van der Waals surface area contributed by atoms with Gasteiger partial charge in [0.2, 0.25) is 0 Å². The molecule has 2 aromatic rings. The number of ether oxygens (including phenoxy) is 1. The Morgan fingerprint density at radius 2 is 1.93 bits per heavy atom. The maximum Gasteiger partial charge on any atom is 0.416 e. The summed E-state index contributed by atoms with van der Waals surface area (Å²) in [5.41, 5.74) is 0.672. The maximum atomic E-state index is 13.6. The van der Waals surface area contributed by atoms with Crippen LogP contribution in [-0.4, -0.2) is 37.6 Å². The molecule has 1 atom stereocenters. The minimum Gasteiger partial charge on any atom is -0.371 e. The van der Waals surface area contributed by atoms with Gasteiger partial charge in [0.15, 0.2) is 0 Å². The van der Waals surface area contributed by atoms with Crippen molar-refractivity contribution < 1.29 is 27.1 Å². The highest BCUT2D eigenvalue weighted by molar-refractivity contribution is 5.93. The van der Waals surface area contributed by atoms with Gasteiger partial charge in [-0.2, -0.15) is 13.2 Å². The van der Waals surface area contributed by atoms with Gasteiger partial charge in [-0.25, -0.2) is 4.39 Å². The lowest BCUT2D eigenvalue weighted by atomic mass is 10.0. The molecule has 1 amide bonds. The van der Waals surface area contributed by atoms with Crippen molar-refractivity contribution in [2.75, 3.05) is 26.7 Å². The van der Waals surface area contributed by atoms with Crippen molar-refractivity contribution in [3.05, 3.63) is 70.5 Å². The van der Waals surface area contributed by atoms with Crippen LogP contribution in [0.1, 0.15) is 33.2 Å². The molecule has 0 aromatic heterocycles. The van der Waals surface area contributed by atoms with Crippen LogP contribution in [0.3, 0.4) is 0 Å². The Balaban J connectivity index is 1.70. The number of nitrogens with zero attached hydrogens (tertiary/aromatic N) is 1. The van der Waals surface area contributed by atoms with Crippen molar-refractivity contribution in [2.24, 2.45) is 0 Å². The Morgan fingerprint density at radius 1 is 1.21 bits per heavy atom. The molecule has 0 aliphatic carbocycles. The SMILES string of the molecule is CNC(=O)c1ccc(C2CN(Cc3cc(F)cc(C(F)(F)F)c3)CCO2)cc1. The number of benzene rings is 2. The first-order valence-corrected chi connectivity index (χ1v) is 8.79. The van der Waals surface area contributed by atoms with Crippen LogP contribution in [0, 0.1) is 5.82 Å². The average Bonchev–Trinajstić information content (AvgIpc) is 2.66. The summed E-state index contributed by atoms with van der Waals surface area (Å²) in [5, 5.41) is 2.55. The first kappa shape index (κ1) is 20.3. The molecule has 0 spiro atoms. The summed E-state index contributed by atoms with van der Waals surface area (Å²) in [6.45, 7) is 1.59. The fourth-order valence-corrected chi connectivity index (χ4v) is 3.20. The van der Waals surface area contributed by atoms with Crippen LogP contribution in [0.15, 0.2) is 42.5 Å². The van der Waals surface area contributed by atoms with Gasteiger partial charge in [0.1, 0.15) is 5.82 Å². The molecule has 1 unspecified atom stereocenters. The van der Waals surface area contributed by atoms with Crippen molar-refractivity contribution >= 4 is 5.91 Å². The normalized spacial score (nSPS) is 18.1. The number of carbonyl (C=O) groups excluding carboxylic acids is 1. The smallest absolute Gasteiger partial charge is 0.371 e. The van der Waals surface area contributed by atoms with Crippen molar-refractivity contribution in [2.45, 2.75) is 18.8 Å². The molecule has 1 aliphatic rings. The van der Waals surface area contributed by atoms with E-state index < -0.39 is 17.6 Å². The van der Waals surface area contributed by atoms with Crippen LogP contribution >= 0.6 is 0 Å². The highest BCUT2D eigenvalue weighted by Gasteiger charge is 2.31. The number of rotatable bonds is 4. The lowest BCUT2D eigenvalue weighted by molar-refractivity contribution is -0.137. The molecule has 1 N–H and O–H groups in total. The Bertz CT molecular complexity index is 837. The van der Waals surface area contributed by atoms with E-state index in [0.29, 0.717) is 31.3 Å². The zero-order chi connectivity index (χ0) is 20.3. The number of hydrogen-bond acceptors (Lipinski definition) is 3. The van der Waals surface area contributed by atoms with E-state index in [9.17, 15) is 22.4 Å². The highest BCUT2D eigenvalue weighted by atomic mass is 19.4. The molecule has 150 valence electrons. The van der Waals surface area contributed by atoms with E-state index in [2.05, 4.69) is 5.32 Å². The molecule has 4 nitrogen and oxygen atoms in total. The number of morpholine rings is 1. The molecule has 1 heterocycles. The van der Waals surface area contributed by atoms with Gasteiger partial charge in [0, 0.05) is 32.2 Å². The second kappa shape index (κ2) is 8.28. The minimum atomic E-state index is -4.59. The summed E-state index contributed by atoms with van der Waals surface area (Å²) in [5.74, 6) is -1.09. The van der Waals surface area contributed by atoms with Crippen molar-refractivity contribution in [3.63, 3.8) is 0 Å². The summed E-state index contributed by atoms with van der Waals surface area (Å²) in [7, 11) is 1.55. The molecular formula is C20H20F4N2O2. The van der Waals surface area contributed by atoms with Gasteiger partial charge >= 0.3 is 6.18 Å². The van der Waals surface area contributed by atoms with E-state index >= 15 is 0 Å². The molecular weight excluding hydrogens is 376 g/mol. The lowest BCUT2D eigenvalue weighted by Gasteiger charge is -2.33. The number of halogens is 4. The third kappa shape index (κ3) is 4.88. The lowest BCUT2D eigenvalue weighted by Crippen LogP contribution is -2.37. The van der Waals surface area contributed by atoms with E-state index in [1.807, 2.05) is 4.90 Å². The third-order valence-corrected chi connectivity index (χ3v) is 4.61. The topological polar surface area (TPSA) is 41.6 Å². The second-order valence-electron chi connectivity index (χ2n) is 6.64. The number of nitrogens with one attached hydrogen (secondary N) is 1. The van der Waals surface area contributed by atoms with Crippen molar-refractivity contribution in [1.29, 1.82) is 0 Å². The molecule has 0 bridgehead atoms. The highest BCUT2D eigenvalue weighted by Crippen LogP contribution is 2.31. The first-order valence-electron chi connectivity index (χ1n) is 8.79. The predicted octanol–water partition coefficient (Wildman–Crippen LogP) is 3.78. The van der Waals surface area contributed by atoms with Gasteiger partial charge in [0.05, 0.1) is 18.3 Å². The maximum absolute atomic E-state index is 13.6. The number of hydrogen-bond donors (Lipinski definition) is 1. The van der Waals surface area contributed by atoms with Crippen LogP contribution in [0.2, 0.25) is 0 Å². The molecule has 1 aliphatic heterocycles. The first-order chi connectivity index (χ1) is 13.3. The second-order valence-corrected chi connectivity index (χ2v) is 6.64. The van der Waals surface area contributed by atoms with Gasteiger partial charge in [0.25, 0.3) is 5.91 Å². The van der Waals surface area contributed by atoms with Crippen LogP contribution < -0.4 is 5.32 Å². The Labute approximate surface area is 160 Å². The quantitative estimate of drug-likeness (QED) is 0.800. The largest absolute Gasteiger partial charge is 0.416 e. The Kier molecular flexibility index (Phi) is 6.00. The van der Waals surface area contributed by atoms with Crippen LogP contribution in [-0.2, 0) is 17.5 Å². The number of alkyl halides is 3. The fourth-order valence-electron chi connectivity index (χ4n) is 3.20. The van der Waals surface area contributed by atoms with Gasteiger partial charge in [-0.05, 0) is 41.5 Å². The Morgan fingerprint density at radius 3 is 2.57 bits per heavy atom. The van der Waals surface area contributed by atoms with E-state index in [-0.39, 0.29) is 24.1 Å². The van der Waals surface area contributed by atoms with E-state index in [0.717, 1.165) is 17.7 Å². The zero-order valence-electron chi connectivity index (χ0n) is 15.2. The molecule has 1 saturated heterocycles. The van der Waals surface area contributed by atoms with Crippen LogP contribution in [0.25, 0.3) is 0 Å². The summed E-state index contributed by atoms with van der Waals surface area (Å²) >= 11 is 0. The van der Waals surface area contributed by atoms with E-state index in [1.54, 1.807) is 31.3 Å². The molecule has 0 saturated carbocycles. The summed E-state index contributed by atoms with van der Waals surface area (Å²) in [6.07, 6.45) is -4.86. The van der Waals surface area contributed by atoms with Crippen molar-refractivity contribution in [3.8, 4) is 0 Å². The molecule has 0 radical (unpaired) electrons. The molecule has 28 heavy (non-hydrogen) atoms. The Hall–Kier alpha value is -2.45. The van der Waals surface area contributed by atoms with Gasteiger partial charge in [-0.1, -0.05) is 12.1 Å². The number of amides is 1. The monoisotopic (exact) mass is 396 g/mol. The molecule has 1 fully saturated rings. The molecule has 8 heteroatoms. The van der Waals surface area contributed by atoms with Crippen molar-refractivity contribution in [1.82, 2.24) is 10.2 Å². The van der Waals surface area contributed by atoms with Gasteiger partial charge in [-0.3, -0.25) is 9.69 Å². The van der Waals surface area contributed by atoms with Gasteiger partial charge in [-0.15, -0.1) is 0 Å². The zero-order valence-corrected chi connectivity index (χ0v) is 15.2. The summed E-state index contributed by atoms with van der Waals surface area (Å²) in [6, 6.07) is 9.58. The van der Waals surface area contributed by atoms with Gasteiger partial charge < -0.3 is 10.1 Å². The summed E-state index contributed by atoms with van der Waals surface area (Å²) in [4.78, 5) is 13.5. The van der Waals surface area contributed by atoms with Crippen LogP contribution in [0.4, 0.5) is 17.6 Å². The van der Waals surface area contributed by atoms with E-state index in [1.165, 1.54) is 0 Å².